The molecule has 0 fully saturated rings. The molecule has 1 N–H and O–H groups in total. The molecule has 0 spiro atoms. The molecule has 0 saturated heterocycles. The van der Waals surface area contributed by atoms with Gasteiger partial charge in [0.2, 0.25) is 5.91 Å². The summed E-state index contributed by atoms with van der Waals surface area (Å²) in [5.41, 5.74) is 4.28. The van der Waals surface area contributed by atoms with Crippen molar-refractivity contribution in [1.29, 1.82) is 0 Å². The molecule has 0 heterocycles. The van der Waals surface area contributed by atoms with Gasteiger partial charge in [0.25, 0.3) is 5.91 Å². The number of ether oxygens (including phenoxy) is 1. The third kappa shape index (κ3) is 6.95. The lowest BCUT2D eigenvalue weighted by molar-refractivity contribution is -0.142. The Morgan fingerprint density at radius 1 is 0.882 bits per heavy atom. The lowest BCUT2D eigenvalue weighted by atomic mass is 10.0. The number of carbonyl (C=O) groups is 2. The number of rotatable bonds is 11. The van der Waals surface area contributed by atoms with E-state index in [1.54, 1.807) is 4.90 Å². The molecule has 0 aliphatic rings. The number of carbonyl (C=O) groups excluding carboxylic acids is 2. The van der Waals surface area contributed by atoms with E-state index in [0.717, 1.165) is 23.1 Å². The quantitative estimate of drug-likeness (QED) is 0.453. The minimum atomic E-state index is -0.652. The van der Waals surface area contributed by atoms with Crippen molar-refractivity contribution >= 4 is 11.8 Å². The van der Waals surface area contributed by atoms with E-state index in [1.165, 1.54) is 5.56 Å². The van der Waals surface area contributed by atoms with Crippen LogP contribution in [0.3, 0.4) is 0 Å². The van der Waals surface area contributed by atoms with E-state index in [9.17, 15) is 9.59 Å². The smallest absolute Gasteiger partial charge is 0.261 e. The molecule has 0 aromatic heterocycles. The summed E-state index contributed by atoms with van der Waals surface area (Å²) in [4.78, 5) is 28.3. The highest BCUT2D eigenvalue weighted by molar-refractivity contribution is 5.88. The second-order valence-corrected chi connectivity index (χ2v) is 8.33. The van der Waals surface area contributed by atoms with E-state index >= 15 is 0 Å². The fourth-order valence-corrected chi connectivity index (χ4v) is 3.87. The third-order valence-corrected chi connectivity index (χ3v) is 5.92. The van der Waals surface area contributed by atoms with Crippen LogP contribution in [0.5, 0.6) is 5.75 Å². The molecule has 5 nitrogen and oxygen atoms in total. The zero-order valence-corrected chi connectivity index (χ0v) is 20.3. The number of nitrogens with one attached hydrogen (secondary N) is 1. The highest BCUT2D eigenvalue weighted by Gasteiger charge is 2.30. The van der Waals surface area contributed by atoms with Crippen molar-refractivity contribution in [2.75, 3.05) is 13.2 Å². The highest BCUT2D eigenvalue weighted by Crippen LogP contribution is 2.18. The first-order valence-electron chi connectivity index (χ1n) is 11.9. The number of nitrogens with zero attached hydrogens (tertiary/aromatic N) is 1. The number of hydrogen-bond acceptors (Lipinski definition) is 3. The van der Waals surface area contributed by atoms with Crippen molar-refractivity contribution in [2.24, 2.45) is 0 Å². The summed E-state index contributed by atoms with van der Waals surface area (Å²) in [6.45, 7) is 6.68. The molecular formula is C29H34N2O3. The molecule has 3 aromatic carbocycles. The van der Waals surface area contributed by atoms with E-state index in [1.807, 2.05) is 92.7 Å². The van der Waals surface area contributed by atoms with Gasteiger partial charge in [-0.25, -0.2) is 0 Å². The summed E-state index contributed by atoms with van der Waals surface area (Å²) >= 11 is 0. The summed E-state index contributed by atoms with van der Waals surface area (Å²) in [5.74, 6) is 0.245. The SMILES string of the molecule is CCNC(=O)[C@@H](Cc1ccccc1)N(Cc1ccccc1C)C(=O)COc1ccc(CC)cc1. The second kappa shape index (κ2) is 12.6. The molecule has 3 rings (SSSR count). The normalized spacial score (nSPS) is 11.5. The van der Waals surface area contributed by atoms with Crippen LogP contribution in [-0.2, 0) is 29.0 Å². The van der Waals surface area contributed by atoms with Crippen LogP contribution in [0.25, 0.3) is 0 Å². The Kier molecular flexibility index (Phi) is 9.27. The summed E-state index contributed by atoms with van der Waals surface area (Å²) in [6, 6.07) is 24.8. The van der Waals surface area contributed by atoms with Crippen LogP contribution in [0.2, 0.25) is 0 Å². The monoisotopic (exact) mass is 458 g/mol. The Bertz CT molecular complexity index is 1060. The fourth-order valence-electron chi connectivity index (χ4n) is 3.87. The maximum absolute atomic E-state index is 13.5. The third-order valence-electron chi connectivity index (χ3n) is 5.92. The first-order chi connectivity index (χ1) is 16.5. The number of hydrogen-bond donors (Lipinski definition) is 1. The largest absolute Gasteiger partial charge is 0.484 e. The summed E-state index contributed by atoms with van der Waals surface area (Å²) < 4.78 is 5.83. The summed E-state index contributed by atoms with van der Waals surface area (Å²) in [7, 11) is 0. The maximum Gasteiger partial charge on any atom is 0.261 e. The van der Waals surface area contributed by atoms with Crippen LogP contribution in [0.1, 0.15) is 36.1 Å². The lowest BCUT2D eigenvalue weighted by Crippen LogP contribution is -2.51. The molecule has 2 amide bonds. The van der Waals surface area contributed by atoms with Crippen LogP contribution in [0.4, 0.5) is 0 Å². The van der Waals surface area contributed by atoms with Crippen molar-refractivity contribution in [3.63, 3.8) is 0 Å². The molecule has 34 heavy (non-hydrogen) atoms. The van der Waals surface area contributed by atoms with Crippen molar-refractivity contribution in [1.82, 2.24) is 10.2 Å². The van der Waals surface area contributed by atoms with Gasteiger partial charge >= 0.3 is 0 Å². The number of benzene rings is 3. The number of likely N-dealkylation sites (N-methyl/N-ethyl adjacent to an activating group) is 1. The molecular weight excluding hydrogens is 424 g/mol. The van der Waals surface area contributed by atoms with E-state index in [2.05, 4.69) is 12.2 Å². The van der Waals surface area contributed by atoms with Gasteiger partial charge in [0.15, 0.2) is 6.61 Å². The van der Waals surface area contributed by atoms with Crippen molar-refractivity contribution < 1.29 is 14.3 Å². The second-order valence-electron chi connectivity index (χ2n) is 8.33. The Morgan fingerprint density at radius 2 is 1.56 bits per heavy atom. The lowest BCUT2D eigenvalue weighted by Gasteiger charge is -2.31. The first kappa shape index (κ1) is 25.0. The van der Waals surface area contributed by atoms with Crippen LogP contribution >= 0.6 is 0 Å². The zero-order valence-electron chi connectivity index (χ0n) is 20.3. The van der Waals surface area contributed by atoms with Gasteiger partial charge < -0.3 is 15.0 Å². The molecule has 0 saturated carbocycles. The molecule has 0 aliphatic carbocycles. The Morgan fingerprint density at radius 3 is 2.21 bits per heavy atom. The fraction of sp³-hybridized carbons (Fsp3) is 0.310. The topological polar surface area (TPSA) is 58.6 Å². The van der Waals surface area contributed by atoms with Gasteiger partial charge in [0, 0.05) is 19.5 Å². The van der Waals surface area contributed by atoms with Crippen molar-refractivity contribution in [2.45, 2.75) is 46.2 Å². The standard InChI is InChI=1S/C29H34N2O3/c1-4-23-15-17-26(18-16-23)34-21-28(32)31(20-25-14-10-9-11-22(25)3)27(29(33)30-5-2)19-24-12-7-6-8-13-24/h6-18,27H,4-5,19-21H2,1-3H3,(H,30,33)/t27-/m1/s1. The van der Waals surface area contributed by atoms with Crippen LogP contribution in [-0.4, -0.2) is 35.9 Å². The maximum atomic E-state index is 13.5. The zero-order chi connectivity index (χ0) is 24.3. The van der Waals surface area contributed by atoms with E-state index in [4.69, 9.17) is 4.74 Å². The molecule has 0 bridgehead atoms. The molecule has 1 atom stereocenters. The Balaban J connectivity index is 1.87. The molecule has 0 radical (unpaired) electrons. The molecule has 0 aliphatic heterocycles. The summed E-state index contributed by atoms with van der Waals surface area (Å²) in [6.07, 6.45) is 1.37. The van der Waals surface area contributed by atoms with Crippen molar-refractivity contribution in [3.05, 3.63) is 101 Å². The minimum Gasteiger partial charge on any atom is -0.484 e. The predicted molar refractivity (Wildman–Crippen MR) is 136 cm³/mol. The van der Waals surface area contributed by atoms with Crippen molar-refractivity contribution in [3.8, 4) is 5.75 Å². The molecule has 3 aromatic rings. The van der Waals surface area contributed by atoms with Crippen LogP contribution in [0.15, 0.2) is 78.9 Å². The Hall–Kier alpha value is -3.60. The Labute approximate surface area is 202 Å². The van der Waals surface area contributed by atoms with Gasteiger partial charge in [-0.05, 0) is 54.7 Å². The van der Waals surface area contributed by atoms with Gasteiger partial charge in [-0.3, -0.25) is 9.59 Å². The number of aryl methyl sites for hydroxylation is 2. The summed E-state index contributed by atoms with van der Waals surface area (Å²) in [5, 5.41) is 2.91. The van der Waals surface area contributed by atoms with Gasteiger partial charge in [-0.2, -0.15) is 0 Å². The van der Waals surface area contributed by atoms with Gasteiger partial charge in [0.05, 0.1) is 0 Å². The molecule has 0 unspecified atom stereocenters. The van der Waals surface area contributed by atoms with E-state index < -0.39 is 6.04 Å². The average Bonchev–Trinajstić information content (AvgIpc) is 2.86. The first-order valence-corrected chi connectivity index (χ1v) is 11.9. The molecule has 5 heteroatoms. The van der Waals surface area contributed by atoms with E-state index in [-0.39, 0.29) is 18.4 Å². The van der Waals surface area contributed by atoms with E-state index in [0.29, 0.717) is 25.3 Å². The average molecular weight is 459 g/mol. The minimum absolute atomic E-state index is 0.137. The van der Waals surface area contributed by atoms with Gasteiger partial charge in [0.1, 0.15) is 11.8 Å². The predicted octanol–water partition coefficient (Wildman–Crippen LogP) is 4.71. The highest BCUT2D eigenvalue weighted by atomic mass is 16.5. The number of amides is 2. The van der Waals surface area contributed by atoms with Gasteiger partial charge in [-0.15, -0.1) is 0 Å². The van der Waals surface area contributed by atoms with Crippen LogP contribution < -0.4 is 10.1 Å². The molecule has 178 valence electrons. The van der Waals surface area contributed by atoms with Crippen LogP contribution in [0, 0.1) is 6.92 Å². The van der Waals surface area contributed by atoms with Gasteiger partial charge in [-0.1, -0.05) is 73.7 Å².